The molecule has 0 aliphatic heterocycles. The number of nitrogens with one attached hydrogen (secondary N) is 1. The largest absolute Gasteiger partial charge is 0.493 e. The number of pyridine rings is 1. The van der Waals surface area contributed by atoms with E-state index in [-0.39, 0.29) is 11.6 Å². The summed E-state index contributed by atoms with van der Waals surface area (Å²) in [6.45, 7) is 0. The van der Waals surface area contributed by atoms with Crippen LogP contribution in [0.5, 0.6) is 5.88 Å². The van der Waals surface area contributed by atoms with Crippen LogP contribution >= 0.6 is 0 Å². The predicted octanol–water partition coefficient (Wildman–Crippen LogP) is 1.37. The van der Waals surface area contributed by atoms with Crippen molar-refractivity contribution in [1.29, 1.82) is 5.41 Å². The molecular weight excluding hydrogens is 216 g/mol. The lowest BCUT2D eigenvalue weighted by Crippen LogP contribution is -2.06. The number of nitrogen functional groups attached to an aromatic ring is 2. The molecule has 6 N–H and O–H groups in total. The van der Waals surface area contributed by atoms with Crippen molar-refractivity contribution in [2.24, 2.45) is 0 Å². The fourth-order valence-corrected chi connectivity index (χ4v) is 1.52. The molecule has 1 aromatic carbocycles. The van der Waals surface area contributed by atoms with Gasteiger partial charge in [-0.05, 0) is 24.3 Å². The Morgan fingerprint density at radius 2 is 1.94 bits per heavy atom. The van der Waals surface area contributed by atoms with E-state index in [1.54, 1.807) is 24.3 Å². The zero-order valence-corrected chi connectivity index (χ0v) is 9.01. The fourth-order valence-electron chi connectivity index (χ4n) is 1.52. The number of nitrogens with two attached hydrogens (primary N) is 2. The van der Waals surface area contributed by atoms with Crippen LogP contribution in [0.4, 0.5) is 11.4 Å². The number of nitrogens with zero attached hydrogens (tertiary/aromatic N) is 1. The Morgan fingerprint density at radius 1 is 1.18 bits per heavy atom. The maximum absolute atomic E-state index is 9.27. The van der Waals surface area contributed by atoms with Gasteiger partial charge in [-0.2, -0.15) is 0 Å². The number of hydrogen-bond acceptors (Lipinski definition) is 5. The SMILES string of the molecule is N=C(c1ccnc(O)c1)c1cc(N)ccc1N. The molecule has 0 aliphatic rings. The van der Waals surface area contributed by atoms with Gasteiger partial charge in [0.25, 0.3) is 0 Å². The number of aromatic hydroxyl groups is 1. The summed E-state index contributed by atoms with van der Waals surface area (Å²) in [6.07, 6.45) is 1.43. The molecule has 0 radical (unpaired) electrons. The number of anilines is 2. The lowest BCUT2D eigenvalue weighted by Gasteiger charge is -2.08. The van der Waals surface area contributed by atoms with E-state index in [4.69, 9.17) is 16.9 Å². The zero-order valence-electron chi connectivity index (χ0n) is 9.01. The molecule has 0 unspecified atom stereocenters. The van der Waals surface area contributed by atoms with Crippen LogP contribution in [-0.2, 0) is 0 Å². The molecule has 0 saturated heterocycles. The van der Waals surface area contributed by atoms with Gasteiger partial charge < -0.3 is 16.6 Å². The summed E-state index contributed by atoms with van der Waals surface area (Å²) in [5.41, 5.74) is 13.7. The van der Waals surface area contributed by atoms with E-state index < -0.39 is 0 Å². The summed E-state index contributed by atoms with van der Waals surface area (Å²) in [7, 11) is 0. The third kappa shape index (κ3) is 2.17. The topological polar surface area (TPSA) is 109 Å². The van der Waals surface area contributed by atoms with E-state index in [0.717, 1.165) is 0 Å². The summed E-state index contributed by atoms with van der Waals surface area (Å²) in [6, 6.07) is 8.00. The first kappa shape index (κ1) is 10.9. The van der Waals surface area contributed by atoms with Gasteiger partial charge in [0.05, 0.1) is 5.71 Å². The van der Waals surface area contributed by atoms with Gasteiger partial charge >= 0.3 is 0 Å². The van der Waals surface area contributed by atoms with E-state index in [0.29, 0.717) is 22.5 Å². The third-order valence-electron chi connectivity index (χ3n) is 2.38. The fraction of sp³-hybridized carbons (Fsp3) is 0. The molecule has 1 heterocycles. The second kappa shape index (κ2) is 4.13. The zero-order chi connectivity index (χ0) is 12.4. The van der Waals surface area contributed by atoms with Crippen LogP contribution in [0.15, 0.2) is 36.5 Å². The van der Waals surface area contributed by atoms with Crippen LogP contribution < -0.4 is 11.5 Å². The molecule has 2 aromatic rings. The van der Waals surface area contributed by atoms with Crippen LogP contribution in [0.25, 0.3) is 0 Å². The summed E-state index contributed by atoms with van der Waals surface area (Å²) in [4.78, 5) is 3.66. The van der Waals surface area contributed by atoms with E-state index in [1.807, 2.05) is 0 Å². The number of rotatable bonds is 2. The average molecular weight is 228 g/mol. The molecule has 0 aliphatic carbocycles. The molecule has 5 nitrogen and oxygen atoms in total. The Labute approximate surface area is 98.2 Å². The quantitative estimate of drug-likeness (QED) is 0.459. The summed E-state index contributed by atoms with van der Waals surface area (Å²) in [5, 5.41) is 17.3. The average Bonchev–Trinajstić information content (AvgIpc) is 2.31. The summed E-state index contributed by atoms with van der Waals surface area (Å²) < 4.78 is 0. The third-order valence-corrected chi connectivity index (χ3v) is 2.38. The first-order chi connectivity index (χ1) is 8.08. The molecular formula is C12H12N4O. The van der Waals surface area contributed by atoms with E-state index in [9.17, 15) is 5.11 Å². The van der Waals surface area contributed by atoms with Crippen molar-refractivity contribution < 1.29 is 5.11 Å². The van der Waals surface area contributed by atoms with Gasteiger partial charge in [0.15, 0.2) is 0 Å². The minimum Gasteiger partial charge on any atom is -0.493 e. The molecule has 5 heteroatoms. The smallest absolute Gasteiger partial charge is 0.211 e. The molecule has 0 amide bonds. The van der Waals surface area contributed by atoms with Crippen LogP contribution in [0.2, 0.25) is 0 Å². The van der Waals surface area contributed by atoms with Crippen molar-refractivity contribution in [2.75, 3.05) is 11.5 Å². The minimum atomic E-state index is -0.130. The lowest BCUT2D eigenvalue weighted by atomic mass is 10.0. The number of aromatic nitrogens is 1. The molecule has 2 rings (SSSR count). The van der Waals surface area contributed by atoms with E-state index in [1.165, 1.54) is 12.3 Å². The minimum absolute atomic E-state index is 0.130. The van der Waals surface area contributed by atoms with Gasteiger partial charge in [0.1, 0.15) is 0 Å². The normalized spacial score (nSPS) is 10.1. The Morgan fingerprint density at radius 3 is 2.65 bits per heavy atom. The summed E-state index contributed by atoms with van der Waals surface area (Å²) in [5.74, 6) is -0.130. The monoisotopic (exact) mass is 228 g/mol. The van der Waals surface area contributed by atoms with Crippen molar-refractivity contribution in [3.63, 3.8) is 0 Å². The highest BCUT2D eigenvalue weighted by atomic mass is 16.3. The first-order valence-electron chi connectivity index (χ1n) is 4.97. The van der Waals surface area contributed by atoms with Crippen molar-refractivity contribution in [1.82, 2.24) is 4.98 Å². The van der Waals surface area contributed by atoms with Gasteiger partial charge in [0.2, 0.25) is 5.88 Å². The Kier molecular flexibility index (Phi) is 2.66. The first-order valence-corrected chi connectivity index (χ1v) is 4.97. The number of benzene rings is 1. The highest BCUT2D eigenvalue weighted by Crippen LogP contribution is 2.20. The van der Waals surface area contributed by atoms with Crippen LogP contribution in [0.3, 0.4) is 0 Å². The summed E-state index contributed by atoms with van der Waals surface area (Å²) >= 11 is 0. The van der Waals surface area contributed by atoms with Crippen molar-refractivity contribution in [2.45, 2.75) is 0 Å². The molecule has 0 spiro atoms. The van der Waals surface area contributed by atoms with Crippen LogP contribution in [0, 0.1) is 5.41 Å². The maximum atomic E-state index is 9.27. The van der Waals surface area contributed by atoms with Gasteiger partial charge in [-0.1, -0.05) is 0 Å². The molecule has 17 heavy (non-hydrogen) atoms. The lowest BCUT2D eigenvalue weighted by molar-refractivity contribution is 0.453. The van der Waals surface area contributed by atoms with E-state index >= 15 is 0 Å². The van der Waals surface area contributed by atoms with Crippen molar-refractivity contribution in [3.05, 3.63) is 47.7 Å². The van der Waals surface area contributed by atoms with Crippen molar-refractivity contribution in [3.8, 4) is 5.88 Å². The van der Waals surface area contributed by atoms with Gasteiger partial charge in [-0.15, -0.1) is 0 Å². The van der Waals surface area contributed by atoms with Gasteiger partial charge in [-0.3, -0.25) is 5.41 Å². The molecule has 0 atom stereocenters. The standard InChI is InChI=1S/C12H12N4O/c13-8-1-2-10(14)9(6-8)12(15)7-3-4-16-11(17)5-7/h1-6,15H,13-14H2,(H,16,17). The second-order valence-electron chi connectivity index (χ2n) is 3.62. The Bertz CT molecular complexity index is 580. The Balaban J connectivity index is 2.47. The van der Waals surface area contributed by atoms with Crippen molar-refractivity contribution >= 4 is 17.1 Å². The molecule has 0 bridgehead atoms. The van der Waals surface area contributed by atoms with Gasteiger partial charge in [-0.25, -0.2) is 4.98 Å². The highest BCUT2D eigenvalue weighted by Gasteiger charge is 2.09. The molecule has 86 valence electrons. The molecule has 0 fully saturated rings. The predicted molar refractivity (Wildman–Crippen MR) is 67.1 cm³/mol. The maximum Gasteiger partial charge on any atom is 0.211 e. The second-order valence-corrected chi connectivity index (χ2v) is 3.62. The molecule has 0 saturated carbocycles. The van der Waals surface area contributed by atoms with E-state index in [2.05, 4.69) is 4.98 Å². The van der Waals surface area contributed by atoms with Crippen LogP contribution in [0.1, 0.15) is 11.1 Å². The van der Waals surface area contributed by atoms with Crippen LogP contribution in [-0.4, -0.2) is 15.8 Å². The molecule has 1 aromatic heterocycles. The van der Waals surface area contributed by atoms with Gasteiger partial charge in [0, 0.05) is 34.8 Å². The number of hydrogen-bond donors (Lipinski definition) is 4. The highest BCUT2D eigenvalue weighted by molar-refractivity contribution is 6.14. The Hall–Kier alpha value is -2.56.